The Bertz CT molecular complexity index is 753. The Morgan fingerprint density at radius 3 is 2.71 bits per heavy atom. The second-order valence-electron chi connectivity index (χ2n) is 5.80. The van der Waals surface area contributed by atoms with Gasteiger partial charge in [0.05, 0.1) is 12.0 Å². The largest absolute Gasteiger partial charge is 0.346 e. The molecule has 24 heavy (non-hydrogen) atoms. The second kappa shape index (κ2) is 8.15. The number of rotatable bonds is 6. The van der Waals surface area contributed by atoms with Crippen LogP contribution in [-0.2, 0) is 4.79 Å². The number of aryl methyl sites for hydroxylation is 1. The van der Waals surface area contributed by atoms with Crippen molar-refractivity contribution in [3.8, 4) is 0 Å². The Morgan fingerprint density at radius 2 is 2.08 bits per heavy atom. The summed E-state index contributed by atoms with van der Waals surface area (Å²) in [4.78, 5) is 12.3. The molecule has 0 saturated carbocycles. The van der Waals surface area contributed by atoms with E-state index < -0.39 is 0 Å². The molecular formula is C18H22FN3OS. The number of benzene rings is 1. The number of hydrogen-bond donors (Lipinski definition) is 1. The molecular weight excluding hydrogens is 325 g/mol. The summed E-state index contributed by atoms with van der Waals surface area (Å²) < 4.78 is 15.7. The van der Waals surface area contributed by atoms with Crippen LogP contribution < -0.4 is 5.43 Å². The molecule has 1 aromatic heterocycles. The summed E-state index contributed by atoms with van der Waals surface area (Å²) in [5.74, 6) is -0.472. The molecule has 0 aliphatic carbocycles. The van der Waals surface area contributed by atoms with E-state index in [1.54, 1.807) is 24.4 Å². The number of aromatic nitrogens is 1. The standard InChI is InChI=1S/C18H22FN3OS/c1-12(2)22-13(3)9-15(14(22)4)10-20-21-18(23)11-24-17-8-6-5-7-16(17)19/h5-10,12H,11H2,1-4H3,(H,21,23)/b20-10-. The lowest BCUT2D eigenvalue weighted by Crippen LogP contribution is -2.19. The van der Waals surface area contributed by atoms with Gasteiger partial charge in [0, 0.05) is 27.9 Å². The lowest BCUT2D eigenvalue weighted by molar-refractivity contribution is -0.118. The smallest absolute Gasteiger partial charge is 0.250 e. The van der Waals surface area contributed by atoms with Crippen molar-refractivity contribution in [1.82, 2.24) is 9.99 Å². The van der Waals surface area contributed by atoms with Crippen LogP contribution in [0.4, 0.5) is 4.39 Å². The number of nitrogens with one attached hydrogen (secondary N) is 1. The first kappa shape index (κ1) is 18.3. The number of carbonyl (C=O) groups excluding carboxylic acids is 1. The van der Waals surface area contributed by atoms with Crippen LogP contribution >= 0.6 is 11.8 Å². The Kier molecular flexibility index (Phi) is 6.20. The number of hydrogen-bond acceptors (Lipinski definition) is 3. The van der Waals surface area contributed by atoms with Gasteiger partial charge in [0.15, 0.2) is 0 Å². The highest BCUT2D eigenvalue weighted by atomic mass is 32.2. The zero-order valence-corrected chi connectivity index (χ0v) is 15.2. The maximum atomic E-state index is 13.5. The third-order valence-corrected chi connectivity index (χ3v) is 4.68. The molecule has 0 unspecified atom stereocenters. The van der Waals surface area contributed by atoms with Gasteiger partial charge in [-0.2, -0.15) is 5.10 Å². The molecule has 1 aromatic carbocycles. The van der Waals surface area contributed by atoms with E-state index in [-0.39, 0.29) is 17.5 Å². The van der Waals surface area contributed by atoms with Crippen LogP contribution in [0.3, 0.4) is 0 Å². The highest BCUT2D eigenvalue weighted by Crippen LogP contribution is 2.21. The number of carbonyl (C=O) groups is 1. The molecule has 2 rings (SSSR count). The topological polar surface area (TPSA) is 46.4 Å². The van der Waals surface area contributed by atoms with Gasteiger partial charge in [-0.25, -0.2) is 9.82 Å². The van der Waals surface area contributed by atoms with Crippen molar-refractivity contribution >= 4 is 23.9 Å². The van der Waals surface area contributed by atoms with E-state index in [2.05, 4.69) is 28.9 Å². The number of halogens is 1. The Balaban J connectivity index is 1.91. The van der Waals surface area contributed by atoms with E-state index >= 15 is 0 Å². The van der Waals surface area contributed by atoms with Gasteiger partial charge in [-0.1, -0.05) is 12.1 Å². The van der Waals surface area contributed by atoms with Crippen molar-refractivity contribution in [2.75, 3.05) is 5.75 Å². The lowest BCUT2D eigenvalue weighted by atomic mass is 10.2. The average molecular weight is 347 g/mol. The summed E-state index contributed by atoms with van der Waals surface area (Å²) in [6.45, 7) is 8.34. The van der Waals surface area contributed by atoms with Crippen LogP contribution in [0.25, 0.3) is 0 Å². The average Bonchev–Trinajstić information content (AvgIpc) is 2.80. The van der Waals surface area contributed by atoms with Crippen molar-refractivity contribution in [1.29, 1.82) is 0 Å². The first-order chi connectivity index (χ1) is 11.4. The molecule has 2 aromatic rings. The fourth-order valence-electron chi connectivity index (χ4n) is 2.64. The molecule has 1 amide bonds. The van der Waals surface area contributed by atoms with Crippen molar-refractivity contribution in [2.24, 2.45) is 5.10 Å². The normalized spacial score (nSPS) is 11.4. The lowest BCUT2D eigenvalue weighted by Gasteiger charge is -2.13. The molecule has 0 bridgehead atoms. The van der Waals surface area contributed by atoms with Gasteiger partial charge in [-0.3, -0.25) is 4.79 Å². The highest BCUT2D eigenvalue weighted by Gasteiger charge is 2.10. The molecule has 0 aliphatic rings. The van der Waals surface area contributed by atoms with Gasteiger partial charge >= 0.3 is 0 Å². The summed E-state index contributed by atoms with van der Waals surface area (Å²) >= 11 is 1.15. The first-order valence-electron chi connectivity index (χ1n) is 7.77. The maximum absolute atomic E-state index is 13.5. The summed E-state index contributed by atoms with van der Waals surface area (Å²) in [5.41, 5.74) is 5.73. The minimum Gasteiger partial charge on any atom is -0.346 e. The minimum absolute atomic E-state index is 0.114. The number of nitrogens with zero attached hydrogens (tertiary/aromatic N) is 2. The van der Waals surface area contributed by atoms with Gasteiger partial charge in [0.25, 0.3) is 0 Å². The van der Waals surface area contributed by atoms with Gasteiger partial charge < -0.3 is 4.57 Å². The fourth-order valence-corrected chi connectivity index (χ4v) is 3.37. The minimum atomic E-state index is -0.320. The Hall–Kier alpha value is -2.08. The highest BCUT2D eigenvalue weighted by molar-refractivity contribution is 8.00. The van der Waals surface area contributed by atoms with Crippen LogP contribution in [-0.4, -0.2) is 22.4 Å². The van der Waals surface area contributed by atoms with Gasteiger partial charge in [-0.05, 0) is 45.9 Å². The van der Waals surface area contributed by atoms with Gasteiger partial charge in [0.1, 0.15) is 5.82 Å². The summed E-state index contributed by atoms with van der Waals surface area (Å²) in [5, 5.41) is 4.01. The molecule has 1 N–H and O–H groups in total. The van der Waals surface area contributed by atoms with Crippen LogP contribution in [0, 0.1) is 19.7 Å². The number of hydrazone groups is 1. The van der Waals surface area contributed by atoms with E-state index in [0.29, 0.717) is 10.9 Å². The number of thioether (sulfide) groups is 1. The quantitative estimate of drug-likeness (QED) is 0.486. The molecule has 1 heterocycles. The van der Waals surface area contributed by atoms with E-state index in [1.807, 2.05) is 19.9 Å². The summed E-state index contributed by atoms with van der Waals surface area (Å²) in [7, 11) is 0. The molecule has 4 nitrogen and oxygen atoms in total. The zero-order chi connectivity index (χ0) is 17.7. The molecule has 0 fully saturated rings. The molecule has 0 radical (unpaired) electrons. The maximum Gasteiger partial charge on any atom is 0.250 e. The molecule has 0 spiro atoms. The fraction of sp³-hybridized carbons (Fsp3) is 0.333. The molecule has 0 aliphatic heterocycles. The Morgan fingerprint density at radius 1 is 1.38 bits per heavy atom. The van der Waals surface area contributed by atoms with E-state index in [1.165, 1.54) is 6.07 Å². The van der Waals surface area contributed by atoms with Gasteiger partial charge in [0.2, 0.25) is 5.91 Å². The molecule has 6 heteroatoms. The van der Waals surface area contributed by atoms with Crippen molar-refractivity contribution < 1.29 is 9.18 Å². The molecule has 0 saturated heterocycles. The molecule has 0 atom stereocenters. The van der Waals surface area contributed by atoms with Crippen molar-refractivity contribution in [3.05, 3.63) is 53.1 Å². The number of amides is 1. The van der Waals surface area contributed by atoms with E-state index in [0.717, 1.165) is 28.7 Å². The van der Waals surface area contributed by atoms with Crippen LogP contribution in [0.15, 0.2) is 40.3 Å². The monoisotopic (exact) mass is 347 g/mol. The Labute approximate surface area is 146 Å². The predicted molar refractivity (Wildman–Crippen MR) is 97.2 cm³/mol. The summed E-state index contributed by atoms with van der Waals surface area (Å²) in [6, 6.07) is 8.81. The first-order valence-corrected chi connectivity index (χ1v) is 8.76. The molecule has 128 valence electrons. The third-order valence-electron chi connectivity index (χ3n) is 3.63. The predicted octanol–water partition coefficient (Wildman–Crippen LogP) is 4.07. The van der Waals surface area contributed by atoms with Crippen molar-refractivity contribution in [2.45, 2.75) is 38.6 Å². The SMILES string of the molecule is Cc1cc(/C=N\NC(=O)CSc2ccccc2F)c(C)n1C(C)C. The second-order valence-corrected chi connectivity index (χ2v) is 6.82. The van der Waals surface area contributed by atoms with E-state index in [4.69, 9.17) is 0 Å². The summed E-state index contributed by atoms with van der Waals surface area (Å²) in [6.07, 6.45) is 1.65. The van der Waals surface area contributed by atoms with Crippen LogP contribution in [0.2, 0.25) is 0 Å². The van der Waals surface area contributed by atoms with Crippen LogP contribution in [0.5, 0.6) is 0 Å². The van der Waals surface area contributed by atoms with E-state index in [9.17, 15) is 9.18 Å². The van der Waals surface area contributed by atoms with Crippen LogP contribution in [0.1, 0.15) is 36.8 Å². The van der Waals surface area contributed by atoms with Gasteiger partial charge in [-0.15, -0.1) is 11.8 Å². The zero-order valence-electron chi connectivity index (χ0n) is 14.3. The third kappa shape index (κ3) is 4.47. The van der Waals surface area contributed by atoms with Crippen molar-refractivity contribution in [3.63, 3.8) is 0 Å².